The van der Waals surface area contributed by atoms with Crippen molar-refractivity contribution in [3.05, 3.63) is 81.8 Å². The molecule has 1 heterocycles. The zero-order valence-electron chi connectivity index (χ0n) is 12.8. The fraction of sp³-hybridized carbons (Fsp3) is 0.111. The van der Waals surface area contributed by atoms with Crippen molar-refractivity contribution in [1.82, 2.24) is 10.6 Å². The molecule has 0 saturated carbocycles. The van der Waals surface area contributed by atoms with Crippen LogP contribution in [0.25, 0.3) is 0 Å². The van der Waals surface area contributed by atoms with Crippen LogP contribution in [0.1, 0.15) is 28.9 Å². The van der Waals surface area contributed by atoms with E-state index < -0.39 is 17.9 Å². The van der Waals surface area contributed by atoms with Crippen LogP contribution in [0.2, 0.25) is 5.02 Å². The minimum atomic E-state index is -0.858. The van der Waals surface area contributed by atoms with Crippen molar-refractivity contribution in [2.24, 2.45) is 0 Å². The van der Waals surface area contributed by atoms with Crippen molar-refractivity contribution >= 4 is 23.4 Å². The summed E-state index contributed by atoms with van der Waals surface area (Å²) >= 11 is 5.85. The summed E-state index contributed by atoms with van der Waals surface area (Å²) in [5.41, 5.74) is 1.34. The molecule has 0 radical (unpaired) electrons. The van der Waals surface area contributed by atoms with Crippen LogP contribution in [-0.2, 0) is 0 Å². The lowest BCUT2D eigenvalue weighted by Gasteiger charge is -2.28. The maximum atomic E-state index is 14.2. The summed E-state index contributed by atoms with van der Waals surface area (Å²) in [6.45, 7) is 1.62. The molecule has 4 nitrogen and oxygen atoms in total. The highest BCUT2D eigenvalue weighted by Gasteiger charge is 2.32. The van der Waals surface area contributed by atoms with Gasteiger partial charge in [-0.25, -0.2) is 9.18 Å². The zero-order chi connectivity index (χ0) is 17.3. The molecule has 0 aromatic heterocycles. The Bertz CT molecular complexity index is 846. The van der Waals surface area contributed by atoms with E-state index in [-0.39, 0.29) is 11.3 Å². The van der Waals surface area contributed by atoms with Crippen molar-refractivity contribution < 1.29 is 14.0 Å². The van der Waals surface area contributed by atoms with Gasteiger partial charge < -0.3 is 10.6 Å². The van der Waals surface area contributed by atoms with Gasteiger partial charge in [0.15, 0.2) is 5.78 Å². The molecule has 2 N–H and O–H groups in total. The van der Waals surface area contributed by atoms with Gasteiger partial charge in [-0.05, 0) is 37.3 Å². The normalized spacial score (nSPS) is 17.3. The number of amides is 2. The Kier molecular flexibility index (Phi) is 4.36. The standard InChI is InChI=1S/C18H14ClFN2O2/c1-10-15(17(23)11-6-8-12(19)9-7-11)16(22-18(24)21-10)13-4-2-3-5-14(13)20/h2-9,16H,1H3,(H2,21,22,24). The molecule has 0 fully saturated rings. The molecule has 122 valence electrons. The topological polar surface area (TPSA) is 58.2 Å². The van der Waals surface area contributed by atoms with Crippen LogP contribution < -0.4 is 10.6 Å². The highest BCUT2D eigenvalue weighted by Crippen LogP contribution is 2.31. The number of urea groups is 1. The molecule has 1 aliphatic heterocycles. The number of ketones is 1. The minimum Gasteiger partial charge on any atom is -0.327 e. The van der Waals surface area contributed by atoms with Crippen LogP contribution in [0.4, 0.5) is 9.18 Å². The van der Waals surface area contributed by atoms with Crippen LogP contribution in [0.3, 0.4) is 0 Å². The number of allylic oxidation sites excluding steroid dienone is 1. The van der Waals surface area contributed by atoms with Crippen molar-refractivity contribution in [2.45, 2.75) is 13.0 Å². The second-order valence-electron chi connectivity index (χ2n) is 5.43. The van der Waals surface area contributed by atoms with E-state index in [0.29, 0.717) is 21.9 Å². The summed E-state index contributed by atoms with van der Waals surface area (Å²) in [6.07, 6.45) is 0. The first-order valence-corrected chi connectivity index (χ1v) is 7.68. The van der Waals surface area contributed by atoms with E-state index in [2.05, 4.69) is 10.6 Å². The van der Waals surface area contributed by atoms with Crippen molar-refractivity contribution in [3.8, 4) is 0 Å². The van der Waals surface area contributed by atoms with Gasteiger partial charge in [-0.15, -0.1) is 0 Å². The Morgan fingerprint density at radius 2 is 1.79 bits per heavy atom. The van der Waals surface area contributed by atoms with Crippen molar-refractivity contribution in [1.29, 1.82) is 0 Å². The van der Waals surface area contributed by atoms with E-state index in [1.807, 2.05) is 0 Å². The van der Waals surface area contributed by atoms with Gasteiger partial charge in [-0.3, -0.25) is 4.79 Å². The highest BCUT2D eigenvalue weighted by molar-refractivity contribution is 6.30. The number of hydrogen-bond acceptors (Lipinski definition) is 2. The summed E-state index contributed by atoms with van der Waals surface area (Å²) in [5.74, 6) is -0.788. The van der Waals surface area contributed by atoms with Crippen LogP contribution in [0, 0.1) is 5.82 Å². The second-order valence-corrected chi connectivity index (χ2v) is 5.86. The lowest BCUT2D eigenvalue weighted by molar-refractivity contribution is 0.102. The van der Waals surface area contributed by atoms with Crippen LogP contribution in [0.15, 0.2) is 59.8 Å². The Balaban J connectivity index is 2.09. The molecule has 0 aliphatic carbocycles. The Hall–Kier alpha value is -2.66. The smallest absolute Gasteiger partial charge is 0.319 e. The minimum absolute atomic E-state index is 0.240. The van der Waals surface area contributed by atoms with Gasteiger partial charge in [0.25, 0.3) is 0 Å². The number of nitrogens with one attached hydrogen (secondary N) is 2. The van der Waals surface area contributed by atoms with E-state index in [1.165, 1.54) is 6.07 Å². The molecular weight excluding hydrogens is 331 g/mol. The Morgan fingerprint density at radius 1 is 1.12 bits per heavy atom. The molecule has 1 atom stereocenters. The monoisotopic (exact) mass is 344 g/mol. The number of carbonyl (C=O) groups is 2. The van der Waals surface area contributed by atoms with E-state index in [1.54, 1.807) is 49.4 Å². The number of hydrogen-bond donors (Lipinski definition) is 2. The van der Waals surface area contributed by atoms with Crippen LogP contribution >= 0.6 is 11.6 Å². The molecule has 2 amide bonds. The summed E-state index contributed by atoms with van der Waals surface area (Å²) < 4.78 is 14.2. The van der Waals surface area contributed by atoms with E-state index in [9.17, 15) is 14.0 Å². The lowest BCUT2D eigenvalue weighted by Crippen LogP contribution is -2.45. The van der Waals surface area contributed by atoms with E-state index >= 15 is 0 Å². The molecule has 0 bridgehead atoms. The SMILES string of the molecule is CC1=C(C(=O)c2ccc(Cl)cc2)C(c2ccccc2F)NC(=O)N1. The van der Waals surface area contributed by atoms with Gasteiger partial charge in [0.2, 0.25) is 0 Å². The maximum absolute atomic E-state index is 14.2. The zero-order valence-corrected chi connectivity index (χ0v) is 13.5. The second kappa shape index (κ2) is 6.45. The van der Waals surface area contributed by atoms with Gasteiger partial charge >= 0.3 is 6.03 Å². The summed E-state index contributed by atoms with van der Waals surface area (Å²) in [7, 11) is 0. The molecule has 2 aromatic carbocycles. The summed E-state index contributed by atoms with van der Waals surface area (Å²) in [4.78, 5) is 24.7. The molecule has 1 unspecified atom stereocenters. The fourth-order valence-electron chi connectivity index (χ4n) is 2.69. The molecule has 1 aliphatic rings. The third-order valence-corrected chi connectivity index (χ3v) is 4.09. The molecule has 2 aromatic rings. The van der Waals surface area contributed by atoms with E-state index in [0.717, 1.165) is 0 Å². The van der Waals surface area contributed by atoms with Crippen LogP contribution in [-0.4, -0.2) is 11.8 Å². The molecule has 0 saturated heterocycles. The molecule has 6 heteroatoms. The van der Waals surface area contributed by atoms with Gasteiger partial charge in [0, 0.05) is 27.4 Å². The summed E-state index contributed by atoms with van der Waals surface area (Å²) in [6, 6.07) is 11.1. The number of rotatable bonds is 3. The number of Topliss-reactive ketones (excluding diaryl/α,β-unsaturated/α-hetero) is 1. The molecule has 0 spiro atoms. The fourth-order valence-corrected chi connectivity index (χ4v) is 2.82. The first-order valence-electron chi connectivity index (χ1n) is 7.30. The van der Waals surface area contributed by atoms with Crippen molar-refractivity contribution in [2.75, 3.05) is 0 Å². The molecular formula is C18H14ClFN2O2. The number of halogens is 2. The maximum Gasteiger partial charge on any atom is 0.319 e. The first kappa shape index (κ1) is 16.2. The highest BCUT2D eigenvalue weighted by atomic mass is 35.5. The quantitative estimate of drug-likeness (QED) is 0.827. The van der Waals surface area contributed by atoms with Gasteiger partial charge in [-0.1, -0.05) is 29.8 Å². The number of benzene rings is 2. The average molecular weight is 345 g/mol. The predicted octanol–water partition coefficient (Wildman–Crippen LogP) is 3.99. The average Bonchev–Trinajstić information content (AvgIpc) is 2.55. The number of carbonyl (C=O) groups excluding carboxylic acids is 2. The van der Waals surface area contributed by atoms with Gasteiger partial charge in [0.05, 0.1) is 6.04 Å². The Labute approximate surface area is 143 Å². The Morgan fingerprint density at radius 3 is 2.46 bits per heavy atom. The van der Waals surface area contributed by atoms with Gasteiger partial charge in [0.1, 0.15) is 5.82 Å². The largest absolute Gasteiger partial charge is 0.327 e. The first-order chi connectivity index (χ1) is 11.5. The van der Waals surface area contributed by atoms with E-state index in [4.69, 9.17) is 11.6 Å². The van der Waals surface area contributed by atoms with Crippen LogP contribution in [0.5, 0.6) is 0 Å². The molecule has 3 rings (SSSR count). The molecule has 24 heavy (non-hydrogen) atoms. The third kappa shape index (κ3) is 3.03. The predicted molar refractivity (Wildman–Crippen MR) is 89.3 cm³/mol. The van der Waals surface area contributed by atoms with Gasteiger partial charge in [-0.2, -0.15) is 0 Å². The lowest BCUT2D eigenvalue weighted by atomic mass is 9.89. The van der Waals surface area contributed by atoms with Crippen molar-refractivity contribution in [3.63, 3.8) is 0 Å². The third-order valence-electron chi connectivity index (χ3n) is 3.84. The summed E-state index contributed by atoms with van der Waals surface area (Å²) in [5, 5.41) is 5.70.